The number of rotatable bonds is 5. The number of nitrogen functional groups attached to an aromatic ring is 1. The summed E-state index contributed by atoms with van der Waals surface area (Å²) in [6.07, 6.45) is 5.55. The highest BCUT2D eigenvalue weighted by atomic mass is 32.2. The van der Waals surface area contributed by atoms with Gasteiger partial charge in [0.25, 0.3) is 10.0 Å². The molecule has 0 amide bonds. The molecular weight excluding hydrogens is 314 g/mol. The molecule has 0 bridgehead atoms. The van der Waals surface area contributed by atoms with Gasteiger partial charge < -0.3 is 5.73 Å². The molecule has 9 heteroatoms. The number of sulfonamides is 1. The van der Waals surface area contributed by atoms with Crippen LogP contribution in [0.1, 0.15) is 32.1 Å². The van der Waals surface area contributed by atoms with Crippen LogP contribution in [0.2, 0.25) is 0 Å². The van der Waals surface area contributed by atoms with Gasteiger partial charge in [0, 0.05) is 19.7 Å². The van der Waals surface area contributed by atoms with E-state index in [1.807, 2.05) is 0 Å². The van der Waals surface area contributed by atoms with E-state index >= 15 is 0 Å². The van der Waals surface area contributed by atoms with Crippen molar-refractivity contribution in [2.75, 3.05) is 19.3 Å². The third-order valence-electron chi connectivity index (χ3n) is 3.82. The van der Waals surface area contributed by atoms with Crippen LogP contribution in [-0.4, -0.2) is 31.2 Å². The maximum atomic E-state index is 12.5. The molecule has 2 rings (SSSR count). The Hall–Kier alpha value is -1.19. The maximum absolute atomic E-state index is 12.5. The van der Waals surface area contributed by atoms with E-state index in [1.54, 1.807) is 0 Å². The van der Waals surface area contributed by atoms with E-state index in [0.717, 1.165) is 43.1 Å². The van der Waals surface area contributed by atoms with E-state index in [1.165, 1.54) is 17.8 Å². The van der Waals surface area contributed by atoms with Gasteiger partial charge in [-0.3, -0.25) is 10.1 Å². The lowest BCUT2D eigenvalue weighted by atomic mass is 9.89. The summed E-state index contributed by atoms with van der Waals surface area (Å²) in [6, 6.07) is 1.05. The lowest BCUT2D eigenvalue weighted by Gasteiger charge is -2.26. The highest BCUT2D eigenvalue weighted by Gasteiger charge is 2.29. The molecule has 0 atom stereocenters. The Labute approximate surface area is 127 Å². The third-order valence-corrected chi connectivity index (χ3v) is 7.04. The summed E-state index contributed by atoms with van der Waals surface area (Å²) < 4.78 is 26.1. The lowest BCUT2D eigenvalue weighted by Crippen LogP contribution is -2.32. The van der Waals surface area contributed by atoms with Crippen molar-refractivity contribution in [3.63, 3.8) is 0 Å². The minimum atomic E-state index is -3.71. The van der Waals surface area contributed by atoms with Gasteiger partial charge in [0.15, 0.2) is 5.00 Å². The van der Waals surface area contributed by atoms with E-state index in [2.05, 4.69) is 0 Å². The number of anilines is 1. The fourth-order valence-electron chi connectivity index (χ4n) is 2.63. The third kappa shape index (κ3) is 3.53. The van der Waals surface area contributed by atoms with Gasteiger partial charge in [0.05, 0.1) is 4.92 Å². The molecule has 1 aromatic heterocycles. The molecule has 2 N–H and O–H groups in total. The molecule has 118 valence electrons. The molecule has 1 saturated carbocycles. The monoisotopic (exact) mass is 333 g/mol. The normalized spacial score (nSPS) is 17.2. The first-order valence-electron chi connectivity index (χ1n) is 6.82. The topological polar surface area (TPSA) is 107 Å². The number of nitro groups is 1. The van der Waals surface area contributed by atoms with Crippen molar-refractivity contribution in [2.24, 2.45) is 5.92 Å². The van der Waals surface area contributed by atoms with Crippen LogP contribution in [0, 0.1) is 16.0 Å². The summed E-state index contributed by atoms with van der Waals surface area (Å²) in [6.45, 7) is 0.452. The largest absolute Gasteiger partial charge is 0.385 e. The first kappa shape index (κ1) is 16.2. The Balaban J connectivity index is 2.16. The van der Waals surface area contributed by atoms with Crippen molar-refractivity contribution < 1.29 is 13.3 Å². The molecule has 0 saturated heterocycles. The first-order chi connectivity index (χ1) is 9.82. The van der Waals surface area contributed by atoms with Crippen LogP contribution in [0.25, 0.3) is 0 Å². The zero-order chi connectivity index (χ0) is 15.6. The minimum Gasteiger partial charge on any atom is -0.385 e. The molecule has 1 aliphatic carbocycles. The highest BCUT2D eigenvalue weighted by molar-refractivity contribution is 7.91. The SMILES string of the molecule is CN(CC1CCCCC1)S(=O)(=O)c1cc([N+](=O)[O-])c(N)s1. The summed E-state index contributed by atoms with van der Waals surface area (Å²) in [5, 5.41) is 10.7. The van der Waals surface area contributed by atoms with Gasteiger partial charge >= 0.3 is 5.69 Å². The van der Waals surface area contributed by atoms with Gasteiger partial charge in [-0.1, -0.05) is 30.6 Å². The Morgan fingerprint density at radius 1 is 1.43 bits per heavy atom. The summed E-state index contributed by atoms with van der Waals surface area (Å²) in [5.41, 5.74) is 5.17. The zero-order valence-electron chi connectivity index (χ0n) is 11.8. The summed E-state index contributed by atoms with van der Waals surface area (Å²) in [4.78, 5) is 10.1. The van der Waals surface area contributed by atoms with Crippen LogP contribution in [0.3, 0.4) is 0 Å². The van der Waals surface area contributed by atoms with E-state index in [4.69, 9.17) is 5.73 Å². The standard InChI is InChI=1S/C12H19N3O4S2/c1-14(8-9-5-3-2-4-6-9)21(18,19)11-7-10(15(16)17)12(13)20-11/h7,9H,2-6,8,13H2,1H3. The minimum absolute atomic E-state index is 0.0648. The van der Waals surface area contributed by atoms with Gasteiger partial charge in [0.2, 0.25) is 0 Å². The van der Waals surface area contributed by atoms with E-state index in [9.17, 15) is 18.5 Å². The predicted octanol–water partition coefficient (Wildman–Crippen LogP) is 2.44. The fourth-order valence-corrected chi connectivity index (χ4v) is 5.30. The van der Waals surface area contributed by atoms with Crippen molar-refractivity contribution in [3.05, 3.63) is 16.2 Å². The number of thiophene rings is 1. The molecule has 0 aliphatic heterocycles. The lowest BCUT2D eigenvalue weighted by molar-refractivity contribution is -0.383. The molecular formula is C12H19N3O4S2. The highest BCUT2D eigenvalue weighted by Crippen LogP contribution is 2.36. The van der Waals surface area contributed by atoms with Gasteiger partial charge in [-0.2, -0.15) is 4.31 Å². The molecule has 0 radical (unpaired) electrons. The zero-order valence-corrected chi connectivity index (χ0v) is 13.5. The molecule has 0 spiro atoms. The van der Waals surface area contributed by atoms with E-state index in [-0.39, 0.29) is 14.9 Å². The molecule has 1 aromatic rings. The van der Waals surface area contributed by atoms with Crippen molar-refractivity contribution >= 4 is 32.0 Å². The second kappa shape index (κ2) is 6.29. The van der Waals surface area contributed by atoms with Gasteiger partial charge in [-0.25, -0.2) is 8.42 Å². The van der Waals surface area contributed by atoms with Crippen LogP contribution in [0.15, 0.2) is 10.3 Å². The van der Waals surface area contributed by atoms with Crippen LogP contribution in [-0.2, 0) is 10.0 Å². The average Bonchev–Trinajstić information content (AvgIpc) is 2.82. The Morgan fingerprint density at radius 2 is 2.05 bits per heavy atom. The van der Waals surface area contributed by atoms with Crippen LogP contribution >= 0.6 is 11.3 Å². The van der Waals surface area contributed by atoms with E-state index in [0.29, 0.717) is 12.5 Å². The maximum Gasteiger partial charge on any atom is 0.304 e. The second-order valence-corrected chi connectivity index (χ2v) is 8.72. The van der Waals surface area contributed by atoms with Crippen LogP contribution < -0.4 is 5.73 Å². The van der Waals surface area contributed by atoms with Gasteiger partial charge in [-0.05, 0) is 18.8 Å². The van der Waals surface area contributed by atoms with Crippen LogP contribution in [0.5, 0.6) is 0 Å². The van der Waals surface area contributed by atoms with E-state index < -0.39 is 14.9 Å². The van der Waals surface area contributed by atoms with Crippen molar-refractivity contribution in [1.82, 2.24) is 4.31 Å². The molecule has 0 unspecified atom stereocenters. The molecule has 1 heterocycles. The Kier molecular flexibility index (Phi) is 4.84. The molecule has 21 heavy (non-hydrogen) atoms. The van der Waals surface area contributed by atoms with Crippen molar-refractivity contribution in [3.8, 4) is 0 Å². The number of nitrogens with zero attached hydrogens (tertiary/aromatic N) is 2. The fraction of sp³-hybridized carbons (Fsp3) is 0.667. The molecule has 7 nitrogen and oxygen atoms in total. The van der Waals surface area contributed by atoms with Crippen LogP contribution in [0.4, 0.5) is 10.7 Å². The van der Waals surface area contributed by atoms with Crippen molar-refractivity contribution in [1.29, 1.82) is 0 Å². The Morgan fingerprint density at radius 3 is 2.57 bits per heavy atom. The average molecular weight is 333 g/mol. The summed E-state index contributed by atoms with van der Waals surface area (Å²) in [5.74, 6) is 0.367. The smallest absolute Gasteiger partial charge is 0.304 e. The summed E-state index contributed by atoms with van der Waals surface area (Å²) >= 11 is 0.746. The summed E-state index contributed by atoms with van der Waals surface area (Å²) in [7, 11) is -2.19. The molecule has 1 aliphatic rings. The predicted molar refractivity (Wildman–Crippen MR) is 81.8 cm³/mol. The number of nitrogens with two attached hydrogens (primary N) is 1. The van der Waals surface area contributed by atoms with Crippen molar-refractivity contribution in [2.45, 2.75) is 36.3 Å². The molecule has 0 aromatic carbocycles. The van der Waals surface area contributed by atoms with Gasteiger partial charge in [-0.15, -0.1) is 0 Å². The second-order valence-electron chi connectivity index (χ2n) is 5.36. The number of hydrogen-bond donors (Lipinski definition) is 1. The number of hydrogen-bond acceptors (Lipinski definition) is 6. The Bertz CT molecular complexity index is 620. The van der Waals surface area contributed by atoms with Gasteiger partial charge in [0.1, 0.15) is 4.21 Å². The quantitative estimate of drug-likeness (QED) is 0.658. The first-order valence-corrected chi connectivity index (χ1v) is 9.08. The molecule has 1 fully saturated rings.